The molecular weight excluding hydrogens is 310 g/mol. The first-order valence-electron chi connectivity index (χ1n) is 6.46. The predicted molar refractivity (Wildman–Crippen MR) is 83.2 cm³/mol. The van der Waals surface area contributed by atoms with E-state index in [1.807, 2.05) is 6.07 Å². The van der Waals surface area contributed by atoms with Crippen molar-refractivity contribution >= 4 is 43.0 Å². The summed E-state index contributed by atoms with van der Waals surface area (Å²) in [7, 11) is -3.07. The summed E-state index contributed by atoms with van der Waals surface area (Å²) in [5.41, 5.74) is 5.67. The van der Waals surface area contributed by atoms with Crippen molar-refractivity contribution in [3.8, 4) is 0 Å². The number of nitrogen functional groups attached to an aromatic ring is 1. The molecule has 0 saturated carbocycles. The Kier molecular flexibility index (Phi) is 3.18. The normalized spacial score (nSPS) is 24.2. The number of hydrogen-bond donors (Lipinski definition) is 2. The lowest BCUT2D eigenvalue weighted by atomic mass is 10.0. The van der Waals surface area contributed by atoms with E-state index in [0.29, 0.717) is 21.8 Å². The van der Waals surface area contributed by atoms with Crippen molar-refractivity contribution in [3.05, 3.63) is 23.2 Å². The summed E-state index contributed by atoms with van der Waals surface area (Å²) in [6.07, 6.45) is 2.06. The van der Waals surface area contributed by atoms with Crippen LogP contribution in [-0.2, 0) is 9.84 Å². The zero-order chi connectivity index (χ0) is 15.3. The van der Waals surface area contributed by atoms with Crippen molar-refractivity contribution in [2.45, 2.75) is 18.9 Å². The number of nitrogens with one attached hydrogen (secondary N) is 1. The summed E-state index contributed by atoms with van der Waals surface area (Å²) in [5, 5.41) is 3.56. The van der Waals surface area contributed by atoms with Crippen LogP contribution in [0.2, 0.25) is 0 Å². The highest BCUT2D eigenvalue weighted by Gasteiger charge is 2.40. The number of hydrogen-bond acceptors (Lipinski definition) is 6. The van der Waals surface area contributed by atoms with Crippen molar-refractivity contribution in [1.29, 1.82) is 0 Å². The number of fused-ring (bicyclic) bond motifs is 1. The SMILES string of the molecule is CC1(NC(=O)c2sc3ncccc3c2N)CCS(=O)(=O)C1. The lowest BCUT2D eigenvalue weighted by Crippen LogP contribution is -2.46. The van der Waals surface area contributed by atoms with Gasteiger partial charge in [-0.1, -0.05) is 0 Å². The summed E-state index contributed by atoms with van der Waals surface area (Å²) in [6.45, 7) is 1.75. The van der Waals surface area contributed by atoms with Gasteiger partial charge in [0.05, 0.1) is 22.7 Å². The van der Waals surface area contributed by atoms with E-state index in [1.165, 1.54) is 11.3 Å². The summed E-state index contributed by atoms with van der Waals surface area (Å²) in [6, 6.07) is 3.57. The predicted octanol–water partition coefficient (Wildman–Crippen LogP) is 1.19. The van der Waals surface area contributed by atoms with Crippen LogP contribution >= 0.6 is 11.3 Å². The number of amides is 1. The molecule has 0 aromatic carbocycles. The molecule has 1 aliphatic rings. The molecule has 3 N–H and O–H groups in total. The van der Waals surface area contributed by atoms with Crippen LogP contribution in [0.25, 0.3) is 10.2 Å². The van der Waals surface area contributed by atoms with Gasteiger partial charge in [-0.2, -0.15) is 0 Å². The maximum absolute atomic E-state index is 12.4. The Morgan fingerprint density at radius 1 is 1.52 bits per heavy atom. The van der Waals surface area contributed by atoms with Crippen molar-refractivity contribution in [3.63, 3.8) is 0 Å². The lowest BCUT2D eigenvalue weighted by molar-refractivity contribution is 0.0920. The van der Waals surface area contributed by atoms with E-state index >= 15 is 0 Å². The molecule has 0 radical (unpaired) electrons. The molecule has 1 aliphatic heterocycles. The Bertz CT molecular complexity index is 828. The Morgan fingerprint density at radius 3 is 2.90 bits per heavy atom. The maximum atomic E-state index is 12.4. The van der Waals surface area contributed by atoms with Gasteiger partial charge in [0, 0.05) is 11.6 Å². The molecule has 8 heteroatoms. The average molecular weight is 325 g/mol. The summed E-state index contributed by atoms with van der Waals surface area (Å²) in [4.78, 5) is 17.7. The minimum absolute atomic E-state index is 0.0329. The third-order valence-corrected chi connectivity index (χ3v) is 6.66. The minimum atomic E-state index is -3.07. The van der Waals surface area contributed by atoms with E-state index in [0.717, 1.165) is 5.39 Å². The first-order chi connectivity index (χ1) is 9.80. The van der Waals surface area contributed by atoms with Gasteiger partial charge in [0.1, 0.15) is 9.71 Å². The Labute approximate surface area is 126 Å². The first-order valence-corrected chi connectivity index (χ1v) is 9.09. The number of pyridine rings is 1. The van der Waals surface area contributed by atoms with E-state index < -0.39 is 15.4 Å². The van der Waals surface area contributed by atoms with Crippen LogP contribution in [0.1, 0.15) is 23.0 Å². The van der Waals surface area contributed by atoms with Gasteiger partial charge in [0.15, 0.2) is 9.84 Å². The van der Waals surface area contributed by atoms with E-state index in [-0.39, 0.29) is 17.4 Å². The highest BCUT2D eigenvalue weighted by Crippen LogP contribution is 2.33. The van der Waals surface area contributed by atoms with Crippen molar-refractivity contribution in [2.75, 3.05) is 17.2 Å². The van der Waals surface area contributed by atoms with Gasteiger partial charge in [-0.05, 0) is 25.5 Å². The number of nitrogens with two attached hydrogens (primary N) is 1. The molecule has 3 rings (SSSR count). The molecule has 1 unspecified atom stereocenters. The number of carbonyl (C=O) groups excluding carboxylic acids is 1. The van der Waals surface area contributed by atoms with E-state index in [4.69, 9.17) is 5.73 Å². The van der Waals surface area contributed by atoms with Crippen LogP contribution in [0.3, 0.4) is 0 Å². The van der Waals surface area contributed by atoms with Gasteiger partial charge in [-0.25, -0.2) is 13.4 Å². The average Bonchev–Trinajstić information content (AvgIpc) is 2.88. The monoisotopic (exact) mass is 325 g/mol. The quantitative estimate of drug-likeness (QED) is 0.863. The van der Waals surface area contributed by atoms with E-state index in [2.05, 4.69) is 10.3 Å². The number of sulfone groups is 1. The molecule has 2 aromatic heterocycles. The number of nitrogens with zero attached hydrogens (tertiary/aromatic N) is 1. The fourth-order valence-electron chi connectivity index (χ4n) is 2.56. The second-order valence-corrected chi connectivity index (χ2v) is 8.74. The van der Waals surface area contributed by atoms with Crippen LogP contribution in [-0.4, -0.2) is 36.4 Å². The number of aromatic nitrogens is 1. The van der Waals surface area contributed by atoms with Crippen LogP contribution in [0, 0.1) is 0 Å². The molecule has 1 atom stereocenters. The van der Waals surface area contributed by atoms with Crippen LogP contribution in [0.15, 0.2) is 18.3 Å². The molecule has 0 bridgehead atoms. The number of anilines is 1. The molecule has 3 heterocycles. The molecule has 0 spiro atoms. The fourth-order valence-corrected chi connectivity index (χ4v) is 5.61. The number of thiophene rings is 1. The summed E-state index contributed by atoms with van der Waals surface area (Å²) >= 11 is 1.22. The zero-order valence-electron chi connectivity index (χ0n) is 11.4. The van der Waals surface area contributed by atoms with Gasteiger partial charge >= 0.3 is 0 Å². The standard InChI is InChI=1S/C13H15N3O3S2/c1-13(4-6-21(18,19)7-13)16-11(17)10-9(14)8-3-2-5-15-12(8)20-10/h2-3,5H,4,6-7,14H2,1H3,(H,16,17). The molecule has 1 fully saturated rings. The van der Waals surface area contributed by atoms with Crippen molar-refractivity contribution < 1.29 is 13.2 Å². The first kappa shape index (κ1) is 14.3. The van der Waals surface area contributed by atoms with Gasteiger partial charge in [-0.3, -0.25) is 4.79 Å². The van der Waals surface area contributed by atoms with Crippen molar-refractivity contribution in [1.82, 2.24) is 10.3 Å². The highest BCUT2D eigenvalue weighted by molar-refractivity contribution is 7.91. The molecular formula is C13H15N3O3S2. The zero-order valence-corrected chi connectivity index (χ0v) is 13.1. The molecule has 0 aliphatic carbocycles. The fraction of sp³-hybridized carbons (Fsp3) is 0.385. The molecule has 1 saturated heterocycles. The number of rotatable bonds is 2. The van der Waals surface area contributed by atoms with Gasteiger partial charge in [0.2, 0.25) is 0 Å². The third-order valence-electron chi connectivity index (χ3n) is 3.63. The number of carbonyl (C=O) groups is 1. The minimum Gasteiger partial charge on any atom is -0.397 e. The van der Waals surface area contributed by atoms with Gasteiger partial charge in [0.25, 0.3) is 5.91 Å². The van der Waals surface area contributed by atoms with Gasteiger partial charge in [-0.15, -0.1) is 11.3 Å². The second kappa shape index (κ2) is 4.67. The smallest absolute Gasteiger partial charge is 0.264 e. The lowest BCUT2D eigenvalue weighted by Gasteiger charge is -2.23. The molecule has 6 nitrogen and oxygen atoms in total. The van der Waals surface area contributed by atoms with Crippen molar-refractivity contribution in [2.24, 2.45) is 0 Å². The molecule has 21 heavy (non-hydrogen) atoms. The molecule has 1 amide bonds. The third kappa shape index (κ3) is 2.60. The van der Waals surface area contributed by atoms with E-state index in [1.54, 1.807) is 19.2 Å². The van der Waals surface area contributed by atoms with Gasteiger partial charge < -0.3 is 11.1 Å². The Balaban J connectivity index is 1.90. The Hall–Kier alpha value is -1.67. The Morgan fingerprint density at radius 2 is 2.29 bits per heavy atom. The second-order valence-electron chi connectivity index (χ2n) is 5.56. The van der Waals surface area contributed by atoms with Crippen LogP contribution in [0.4, 0.5) is 5.69 Å². The maximum Gasteiger partial charge on any atom is 0.264 e. The molecule has 2 aromatic rings. The molecule has 112 valence electrons. The highest BCUT2D eigenvalue weighted by atomic mass is 32.2. The van der Waals surface area contributed by atoms with E-state index in [9.17, 15) is 13.2 Å². The topological polar surface area (TPSA) is 102 Å². The van der Waals surface area contributed by atoms with Crippen LogP contribution in [0.5, 0.6) is 0 Å². The summed E-state index contributed by atoms with van der Waals surface area (Å²) in [5.74, 6) is -0.266. The summed E-state index contributed by atoms with van der Waals surface area (Å²) < 4.78 is 23.2. The largest absolute Gasteiger partial charge is 0.397 e. The van der Waals surface area contributed by atoms with Crippen LogP contribution < -0.4 is 11.1 Å².